The Morgan fingerprint density at radius 2 is 1.95 bits per heavy atom. The van der Waals surface area contributed by atoms with Gasteiger partial charge in [-0.25, -0.2) is 0 Å². The molecule has 0 saturated heterocycles. The summed E-state index contributed by atoms with van der Waals surface area (Å²) in [7, 11) is 0. The monoisotopic (exact) mass is 289 g/mol. The van der Waals surface area contributed by atoms with E-state index in [2.05, 4.69) is 35.2 Å². The van der Waals surface area contributed by atoms with Gasteiger partial charge < -0.3 is 10.5 Å². The third-order valence-corrected chi connectivity index (χ3v) is 3.59. The van der Waals surface area contributed by atoms with E-state index >= 15 is 0 Å². The van der Waals surface area contributed by atoms with E-state index in [4.69, 9.17) is 10.5 Å². The van der Waals surface area contributed by atoms with Crippen LogP contribution in [0.2, 0.25) is 0 Å². The first kappa shape index (κ1) is 12.9. The molecule has 0 aliphatic rings. The maximum absolute atomic E-state index is 5.76. The predicted octanol–water partition coefficient (Wildman–Crippen LogP) is 2.01. The van der Waals surface area contributed by atoms with Crippen LogP contribution in [0.1, 0.15) is 17.0 Å². The Hall–Kier alpha value is -2.15. The highest BCUT2D eigenvalue weighted by Gasteiger charge is 2.10. The molecule has 7 heteroatoms. The van der Waals surface area contributed by atoms with Crippen LogP contribution in [-0.2, 0) is 6.42 Å². The zero-order valence-electron chi connectivity index (χ0n) is 11.3. The molecule has 2 heterocycles. The van der Waals surface area contributed by atoms with E-state index in [1.165, 1.54) is 22.5 Å². The third kappa shape index (κ3) is 2.57. The molecule has 6 nitrogen and oxygen atoms in total. The molecule has 0 spiro atoms. The SMILES string of the molecule is Cc1cc(C)cc(OCCc2nnc3sc(N)nn23)c1. The number of aryl methyl sites for hydroxylation is 2. The van der Waals surface area contributed by atoms with Crippen molar-refractivity contribution in [3.63, 3.8) is 0 Å². The lowest BCUT2D eigenvalue weighted by Gasteiger charge is -2.07. The molecule has 3 rings (SSSR count). The van der Waals surface area contributed by atoms with Gasteiger partial charge >= 0.3 is 0 Å². The van der Waals surface area contributed by atoms with Crippen LogP contribution < -0.4 is 10.5 Å². The molecular weight excluding hydrogens is 274 g/mol. The fraction of sp³-hybridized carbons (Fsp3) is 0.308. The number of anilines is 1. The minimum Gasteiger partial charge on any atom is -0.493 e. The Kier molecular flexibility index (Phi) is 3.27. The molecule has 0 bridgehead atoms. The Morgan fingerprint density at radius 1 is 1.20 bits per heavy atom. The number of fused-ring (bicyclic) bond motifs is 1. The normalized spacial score (nSPS) is 11.1. The van der Waals surface area contributed by atoms with Gasteiger partial charge in [0.2, 0.25) is 10.1 Å². The van der Waals surface area contributed by atoms with Crippen molar-refractivity contribution in [2.45, 2.75) is 20.3 Å². The molecule has 0 amide bonds. The van der Waals surface area contributed by atoms with Crippen molar-refractivity contribution in [2.75, 3.05) is 12.3 Å². The average molecular weight is 289 g/mol. The van der Waals surface area contributed by atoms with Gasteiger partial charge in [0.05, 0.1) is 6.61 Å². The van der Waals surface area contributed by atoms with Crippen molar-refractivity contribution in [2.24, 2.45) is 0 Å². The van der Waals surface area contributed by atoms with Crippen LogP contribution in [0.25, 0.3) is 4.96 Å². The quantitative estimate of drug-likeness (QED) is 0.795. The molecule has 0 atom stereocenters. The van der Waals surface area contributed by atoms with Gasteiger partial charge in [-0.15, -0.1) is 15.3 Å². The minimum absolute atomic E-state index is 0.492. The fourth-order valence-electron chi connectivity index (χ4n) is 2.10. The molecule has 2 aromatic heterocycles. The number of aromatic nitrogens is 4. The Morgan fingerprint density at radius 3 is 2.70 bits per heavy atom. The van der Waals surface area contributed by atoms with E-state index in [0.29, 0.717) is 23.1 Å². The fourth-order valence-corrected chi connectivity index (χ4v) is 2.73. The summed E-state index contributed by atoms with van der Waals surface area (Å²) in [5.74, 6) is 1.64. The van der Waals surface area contributed by atoms with E-state index in [9.17, 15) is 0 Å². The topological polar surface area (TPSA) is 78.3 Å². The van der Waals surface area contributed by atoms with E-state index in [1.54, 1.807) is 4.52 Å². The van der Waals surface area contributed by atoms with Crippen LogP contribution in [0.3, 0.4) is 0 Å². The summed E-state index contributed by atoms with van der Waals surface area (Å²) in [5.41, 5.74) is 8.03. The standard InChI is InChI=1S/C13H15N5OS/c1-8-5-9(2)7-10(6-8)19-4-3-11-15-16-13-18(11)17-12(14)20-13/h5-7H,3-4H2,1-2H3,(H2,14,17). The van der Waals surface area contributed by atoms with E-state index < -0.39 is 0 Å². The number of nitrogens with zero attached hydrogens (tertiary/aromatic N) is 4. The molecule has 0 fully saturated rings. The zero-order chi connectivity index (χ0) is 14.1. The van der Waals surface area contributed by atoms with Crippen LogP contribution in [0.5, 0.6) is 5.75 Å². The van der Waals surface area contributed by atoms with Crippen LogP contribution in [-0.4, -0.2) is 26.4 Å². The average Bonchev–Trinajstić information content (AvgIpc) is 2.88. The van der Waals surface area contributed by atoms with Crippen molar-refractivity contribution in [1.82, 2.24) is 19.8 Å². The first-order chi connectivity index (χ1) is 9.61. The molecule has 0 saturated carbocycles. The lowest BCUT2D eigenvalue weighted by atomic mass is 10.1. The van der Waals surface area contributed by atoms with Crippen molar-refractivity contribution in [1.29, 1.82) is 0 Å². The number of rotatable bonds is 4. The number of nitrogen functional groups attached to an aromatic ring is 1. The maximum Gasteiger partial charge on any atom is 0.236 e. The van der Waals surface area contributed by atoms with Gasteiger partial charge in [-0.2, -0.15) is 4.52 Å². The van der Waals surface area contributed by atoms with Crippen LogP contribution in [0, 0.1) is 13.8 Å². The summed E-state index contributed by atoms with van der Waals surface area (Å²) in [6.07, 6.45) is 0.636. The van der Waals surface area contributed by atoms with Crippen molar-refractivity contribution in [3.05, 3.63) is 35.2 Å². The first-order valence-electron chi connectivity index (χ1n) is 6.29. The molecule has 0 aliphatic carbocycles. The summed E-state index contributed by atoms with van der Waals surface area (Å²) >= 11 is 1.32. The summed E-state index contributed by atoms with van der Waals surface area (Å²) in [6.45, 7) is 4.64. The van der Waals surface area contributed by atoms with Gasteiger partial charge in [0.15, 0.2) is 5.82 Å². The van der Waals surface area contributed by atoms with Crippen LogP contribution >= 0.6 is 11.3 Å². The first-order valence-corrected chi connectivity index (χ1v) is 7.11. The molecule has 3 aromatic rings. The van der Waals surface area contributed by atoms with Gasteiger partial charge in [-0.3, -0.25) is 0 Å². The third-order valence-electron chi connectivity index (χ3n) is 2.86. The van der Waals surface area contributed by atoms with Crippen LogP contribution in [0.4, 0.5) is 5.13 Å². The highest BCUT2D eigenvalue weighted by Crippen LogP contribution is 2.17. The number of hydrogen-bond donors (Lipinski definition) is 1. The Balaban J connectivity index is 1.67. The lowest BCUT2D eigenvalue weighted by molar-refractivity contribution is 0.317. The van der Waals surface area contributed by atoms with Crippen molar-refractivity contribution in [3.8, 4) is 5.75 Å². The van der Waals surface area contributed by atoms with Gasteiger partial charge in [-0.1, -0.05) is 17.4 Å². The van der Waals surface area contributed by atoms with Gasteiger partial charge in [0, 0.05) is 6.42 Å². The van der Waals surface area contributed by atoms with Crippen molar-refractivity contribution < 1.29 is 4.74 Å². The lowest BCUT2D eigenvalue weighted by Crippen LogP contribution is -2.06. The molecule has 20 heavy (non-hydrogen) atoms. The zero-order valence-corrected chi connectivity index (χ0v) is 12.1. The Bertz CT molecular complexity index is 728. The van der Waals surface area contributed by atoms with Gasteiger partial charge in [-0.05, 0) is 37.1 Å². The summed E-state index contributed by atoms with van der Waals surface area (Å²) < 4.78 is 7.43. The smallest absolute Gasteiger partial charge is 0.236 e. The summed E-state index contributed by atoms with van der Waals surface area (Å²) in [6, 6.07) is 6.16. The highest BCUT2D eigenvalue weighted by atomic mass is 32.1. The maximum atomic E-state index is 5.76. The molecule has 104 valence electrons. The molecular formula is C13H15N5OS. The molecule has 0 unspecified atom stereocenters. The number of ether oxygens (including phenoxy) is 1. The van der Waals surface area contributed by atoms with Gasteiger partial charge in [0.25, 0.3) is 0 Å². The summed E-state index contributed by atoms with van der Waals surface area (Å²) in [4.78, 5) is 0.712. The summed E-state index contributed by atoms with van der Waals surface area (Å²) in [5, 5.41) is 12.8. The number of nitrogens with two attached hydrogens (primary N) is 1. The highest BCUT2D eigenvalue weighted by molar-refractivity contribution is 7.20. The predicted molar refractivity (Wildman–Crippen MR) is 78.2 cm³/mol. The molecule has 1 aromatic carbocycles. The Labute approximate surface area is 120 Å². The number of benzene rings is 1. The van der Waals surface area contributed by atoms with E-state index in [1.807, 2.05) is 12.1 Å². The van der Waals surface area contributed by atoms with Gasteiger partial charge in [0.1, 0.15) is 5.75 Å². The molecule has 0 radical (unpaired) electrons. The van der Waals surface area contributed by atoms with Crippen molar-refractivity contribution >= 4 is 21.4 Å². The molecule has 0 aliphatic heterocycles. The minimum atomic E-state index is 0.492. The second kappa shape index (κ2) is 5.09. The number of hydrogen-bond acceptors (Lipinski definition) is 6. The largest absolute Gasteiger partial charge is 0.493 e. The second-order valence-electron chi connectivity index (χ2n) is 4.67. The second-order valence-corrected chi connectivity index (χ2v) is 5.66. The van der Waals surface area contributed by atoms with E-state index in [-0.39, 0.29) is 0 Å². The van der Waals surface area contributed by atoms with Crippen LogP contribution in [0.15, 0.2) is 18.2 Å². The molecule has 2 N–H and O–H groups in total. The van der Waals surface area contributed by atoms with E-state index in [0.717, 1.165) is 11.6 Å².